The van der Waals surface area contributed by atoms with Crippen LogP contribution in [0.1, 0.15) is 35.3 Å². The molecule has 142 valence electrons. The maximum atomic E-state index is 12.9. The minimum absolute atomic E-state index is 0.0516. The lowest BCUT2D eigenvalue weighted by atomic mass is 9.94. The van der Waals surface area contributed by atoms with Crippen molar-refractivity contribution >= 4 is 17.3 Å². The molecule has 0 atom stereocenters. The number of carbonyl (C=O) groups is 2. The lowest BCUT2D eigenvalue weighted by Crippen LogP contribution is -2.48. The van der Waals surface area contributed by atoms with Gasteiger partial charge in [0.1, 0.15) is 6.61 Å². The zero-order chi connectivity index (χ0) is 19.8. The molecule has 8 heteroatoms. The van der Waals surface area contributed by atoms with Gasteiger partial charge >= 0.3 is 6.18 Å². The van der Waals surface area contributed by atoms with E-state index in [0.29, 0.717) is 11.1 Å². The van der Waals surface area contributed by atoms with Crippen molar-refractivity contribution < 1.29 is 32.5 Å². The molecule has 0 bridgehead atoms. The predicted molar refractivity (Wildman–Crippen MR) is 90.5 cm³/mol. The Kier molecular flexibility index (Phi) is 4.69. The Morgan fingerprint density at radius 1 is 1.07 bits per heavy atom. The van der Waals surface area contributed by atoms with Gasteiger partial charge in [-0.25, -0.2) is 0 Å². The van der Waals surface area contributed by atoms with E-state index in [1.807, 2.05) is 0 Å². The van der Waals surface area contributed by atoms with Crippen molar-refractivity contribution in [3.05, 3.63) is 59.2 Å². The molecular formula is C19H16F3NO4. The van der Waals surface area contributed by atoms with Crippen LogP contribution in [-0.4, -0.2) is 23.3 Å². The number of fused-ring (bicyclic) bond motifs is 1. The van der Waals surface area contributed by atoms with E-state index in [1.54, 1.807) is 30.3 Å². The quantitative estimate of drug-likeness (QED) is 0.627. The average Bonchev–Trinajstić information content (AvgIpc) is 3.06. The Morgan fingerprint density at radius 2 is 1.74 bits per heavy atom. The fourth-order valence-corrected chi connectivity index (χ4v) is 2.76. The molecule has 0 radical (unpaired) electrons. The normalized spacial score (nSPS) is 13.7. The monoisotopic (exact) mass is 379 g/mol. The third-order valence-corrected chi connectivity index (χ3v) is 4.12. The van der Waals surface area contributed by atoms with Crippen molar-refractivity contribution in [3.63, 3.8) is 0 Å². The number of hydrogen-bond acceptors (Lipinski definition) is 5. The van der Waals surface area contributed by atoms with Gasteiger partial charge in [0.15, 0.2) is 11.5 Å². The second kappa shape index (κ2) is 6.70. The summed E-state index contributed by atoms with van der Waals surface area (Å²) >= 11 is 0. The summed E-state index contributed by atoms with van der Waals surface area (Å²) in [7, 11) is 0. The van der Waals surface area contributed by atoms with Crippen LogP contribution in [0.2, 0.25) is 0 Å². The Balaban J connectivity index is 2.04. The summed E-state index contributed by atoms with van der Waals surface area (Å²) in [6, 6.07) is 11.1. The Bertz CT molecular complexity index is 892. The zero-order valence-corrected chi connectivity index (χ0v) is 14.5. The van der Waals surface area contributed by atoms with Gasteiger partial charge in [0.05, 0.1) is 5.54 Å². The molecule has 0 saturated heterocycles. The third kappa shape index (κ3) is 3.80. The highest BCUT2D eigenvalue weighted by molar-refractivity contribution is 6.13. The maximum absolute atomic E-state index is 12.9. The van der Waals surface area contributed by atoms with Crippen molar-refractivity contribution in [1.29, 1.82) is 0 Å². The number of hydrogen-bond donors (Lipinski definition) is 1. The highest BCUT2D eigenvalue weighted by Crippen LogP contribution is 2.36. The summed E-state index contributed by atoms with van der Waals surface area (Å²) in [5.74, 6) is -2.08. The van der Waals surface area contributed by atoms with Crippen molar-refractivity contribution in [1.82, 2.24) is 0 Å². The van der Waals surface area contributed by atoms with Crippen LogP contribution >= 0.6 is 0 Å². The minimum atomic E-state index is -5.02. The van der Waals surface area contributed by atoms with Crippen molar-refractivity contribution in [2.45, 2.75) is 32.2 Å². The number of carbonyl (C=O) groups excluding carboxylic acids is 2. The molecule has 1 heterocycles. The zero-order valence-electron chi connectivity index (χ0n) is 14.5. The molecule has 2 aromatic rings. The van der Waals surface area contributed by atoms with E-state index in [0.717, 1.165) is 13.8 Å². The van der Waals surface area contributed by atoms with Crippen LogP contribution in [0, 0.1) is 0 Å². The SMILES string of the molecule is CC(C)(Nc1cc2c(cc1C(=O)c1ccccc1)COO2)C(=O)C(F)(F)F. The first-order valence-corrected chi connectivity index (χ1v) is 8.05. The van der Waals surface area contributed by atoms with Crippen LogP contribution in [0.25, 0.3) is 0 Å². The van der Waals surface area contributed by atoms with Crippen LogP contribution in [0.5, 0.6) is 5.75 Å². The number of alkyl halides is 3. The Morgan fingerprint density at radius 3 is 2.37 bits per heavy atom. The van der Waals surface area contributed by atoms with E-state index in [2.05, 4.69) is 5.32 Å². The maximum Gasteiger partial charge on any atom is 0.452 e. The molecule has 5 nitrogen and oxygen atoms in total. The molecular weight excluding hydrogens is 363 g/mol. The minimum Gasteiger partial charge on any atom is -0.372 e. The number of anilines is 1. The molecule has 0 spiro atoms. The smallest absolute Gasteiger partial charge is 0.372 e. The summed E-state index contributed by atoms with van der Waals surface area (Å²) in [6.45, 7) is 2.31. The highest BCUT2D eigenvalue weighted by atomic mass is 19.4. The van der Waals surface area contributed by atoms with Crippen LogP contribution in [0.4, 0.5) is 18.9 Å². The number of Topliss-reactive ketones (excluding diaryl/α,β-unsaturated/α-hetero) is 1. The first-order chi connectivity index (χ1) is 12.6. The van der Waals surface area contributed by atoms with Crippen molar-refractivity contribution in [2.24, 2.45) is 0 Å². The molecule has 0 amide bonds. The molecule has 3 rings (SSSR count). The van der Waals surface area contributed by atoms with E-state index >= 15 is 0 Å². The summed E-state index contributed by atoms with van der Waals surface area (Å²) in [5.41, 5.74) is -0.870. The fraction of sp³-hybridized carbons (Fsp3) is 0.263. The molecule has 2 aromatic carbocycles. The standard InChI is InChI=1S/C19H16F3NO4/c1-18(2,17(25)19(20,21)22)23-14-9-15-12(10-26-27-15)8-13(14)16(24)11-6-4-3-5-7-11/h3-9,23H,10H2,1-2H3. The molecule has 0 saturated carbocycles. The Labute approximate surface area is 153 Å². The van der Waals surface area contributed by atoms with E-state index in [-0.39, 0.29) is 23.6 Å². The average molecular weight is 379 g/mol. The van der Waals surface area contributed by atoms with Crippen molar-refractivity contribution in [2.75, 3.05) is 5.32 Å². The predicted octanol–water partition coefficient (Wildman–Crippen LogP) is 4.06. The number of halogens is 3. The number of rotatable bonds is 5. The first-order valence-electron chi connectivity index (χ1n) is 8.05. The second-order valence-electron chi connectivity index (χ2n) is 6.62. The van der Waals surface area contributed by atoms with Gasteiger partial charge in [0, 0.05) is 28.4 Å². The lowest BCUT2D eigenvalue weighted by molar-refractivity contribution is -0.194. The summed E-state index contributed by atoms with van der Waals surface area (Å²) in [5, 5.41) is 2.55. The fourth-order valence-electron chi connectivity index (χ4n) is 2.76. The second-order valence-corrected chi connectivity index (χ2v) is 6.62. The molecule has 0 unspecified atom stereocenters. The van der Waals surface area contributed by atoms with Gasteiger partial charge in [0.25, 0.3) is 5.78 Å². The summed E-state index contributed by atoms with van der Waals surface area (Å²) in [6.07, 6.45) is -5.02. The van der Waals surface area contributed by atoms with Gasteiger partial charge in [-0.2, -0.15) is 18.1 Å². The Hall–Kier alpha value is -2.87. The number of benzene rings is 2. The molecule has 0 fully saturated rings. The topological polar surface area (TPSA) is 64.6 Å². The van der Waals surface area contributed by atoms with E-state index in [4.69, 9.17) is 9.78 Å². The largest absolute Gasteiger partial charge is 0.452 e. The highest BCUT2D eigenvalue weighted by Gasteiger charge is 2.48. The molecule has 0 aliphatic carbocycles. The van der Waals surface area contributed by atoms with E-state index in [1.165, 1.54) is 12.1 Å². The summed E-state index contributed by atoms with van der Waals surface area (Å²) in [4.78, 5) is 34.5. The van der Waals surface area contributed by atoms with Crippen LogP contribution in [-0.2, 0) is 16.3 Å². The third-order valence-electron chi connectivity index (χ3n) is 4.12. The van der Waals surface area contributed by atoms with Crippen molar-refractivity contribution in [3.8, 4) is 5.75 Å². The van der Waals surface area contributed by atoms with Gasteiger partial charge in [-0.15, -0.1) is 0 Å². The van der Waals surface area contributed by atoms with Gasteiger partial charge in [-0.1, -0.05) is 30.3 Å². The van der Waals surface area contributed by atoms with Crippen LogP contribution in [0.3, 0.4) is 0 Å². The van der Waals surface area contributed by atoms with E-state index < -0.39 is 23.3 Å². The summed E-state index contributed by atoms with van der Waals surface area (Å²) < 4.78 is 38.7. The lowest BCUT2D eigenvalue weighted by Gasteiger charge is -2.28. The van der Waals surface area contributed by atoms with E-state index in [9.17, 15) is 22.8 Å². The molecule has 1 N–H and O–H groups in total. The van der Waals surface area contributed by atoms with Gasteiger partial charge in [0.2, 0.25) is 0 Å². The first kappa shape index (κ1) is 18.9. The molecule has 1 aliphatic rings. The van der Waals surface area contributed by atoms with Gasteiger partial charge in [-0.05, 0) is 19.9 Å². The van der Waals surface area contributed by atoms with Gasteiger partial charge < -0.3 is 10.2 Å². The number of nitrogens with one attached hydrogen (secondary N) is 1. The number of ketones is 2. The van der Waals surface area contributed by atoms with Crippen LogP contribution in [0.15, 0.2) is 42.5 Å². The molecule has 27 heavy (non-hydrogen) atoms. The molecule has 1 aliphatic heterocycles. The van der Waals surface area contributed by atoms with Crippen LogP contribution < -0.4 is 10.2 Å². The molecule has 0 aromatic heterocycles. The van der Waals surface area contributed by atoms with Gasteiger partial charge in [-0.3, -0.25) is 9.59 Å².